The van der Waals surface area contributed by atoms with Crippen LogP contribution in [-0.2, 0) is 17.9 Å². The Hall–Kier alpha value is -4.31. The number of nitrogens with two attached hydrogens (primary N) is 1. The molecule has 3 aromatic rings. The molecule has 45 heavy (non-hydrogen) atoms. The van der Waals surface area contributed by atoms with E-state index in [0.29, 0.717) is 52.4 Å². The van der Waals surface area contributed by atoms with Crippen LogP contribution in [0.4, 0.5) is 0 Å². The monoisotopic (exact) mass is 650 g/mol. The van der Waals surface area contributed by atoms with E-state index in [4.69, 9.17) is 53.8 Å². The molecule has 0 radical (unpaired) electrons. The SMILES string of the molecule is CCN(CC)C(=O)CCOc1cccc(-c2cccc(COc3cc(OCC4=CC(=N)/C(=N\O)C=C4)c(CN)cc3Cl)c2Cl)c1. The lowest BCUT2D eigenvalue weighted by atomic mass is 10.0. The second-order valence-electron chi connectivity index (χ2n) is 10.1. The predicted octanol–water partition coefficient (Wildman–Crippen LogP) is 7.06. The summed E-state index contributed by atoms with van der Waals surface area (Å²) in [6, 6.07) is 16.7. The van der Waals surface area contributed by atoms with Crippen LogP contribution in [0.15, 0.2) is 83.6 Å². The molecule has 0 fully saturated rings. The van der Waals surface area contributed by atoms with Crippen LogP contribution in [0.5, 0.6) is 17.2 Å². The van der Waals surface area contributed by atoms with Crippen molar-refractivity contribution in [3.05, 3.63) is 99.6 Å². The topological polar surface area (TPSA) is 130 Å². The predicted molar refractivity (Wildman–Crippen MR) is 178 cm³/mol. The molecule has 0 atom stereocenters. The molecular weight excluding hydrogens is 615 g/mol. The summed E-state index contributed by atoms with van der Waals surface area (Å²) in [5.41, 5.74) is 10.0. The van der Waals surface area contributed by atoms with Crippen LogP contribution in [0.1, 0.15) is 31.4 Å². The van der Waals surface area contributed by atoms with Crippen molar-refractivity contribution in [1.29, 1.82) is 5.41 Å². The van der Waals surface area contributed by atoms with Gasteiger partial charge in [-0.1, -0.05) is 64.8 Å². The Labute approximate surface area is 273 Å². The van der Waals surface area contributed by atoms with Crippen LogP contribution in [0.25, 0.3) is 11.1 Å². The van der Waals surface area contributed by atoms with Crippen LogP contribution < -0.4 is 19.9 Å². The van der Waals surface area contributed by atoms with Gasteiger partial charge in [0, 0.05) is 42.4 Å². The number of benzene rings is 3. The van der Waals surface area contributed by atoms with E-state index in [1.54, 1.807) is 35.3 Å². The van der Waals surface area contributed by atoms with Crippen molar-refractivity contribution in [1.82, 2.24) is 4.90 Å². The van der Waals surface area contributed by atoms with Crippen molar-refractivity contribution in [2.45, 2.75) is 33.4 Å². The number of rotatable bonds is 14. The number of nitrogens with one attached hydrogen (secondary N) is 1. The minimum Gasteiger partial charge on any atom is -0.493 e. The largest absolute Gasteiger partial charge is 0.493 e. The molecule has 9 nitrogen and oxygen atoms in total. The average molecular weight is 652 g/mol. The maximum Gasteiger partial charge on any atom is 0.225 e. The third kappa shape index (κ3) is 8.66. The van der Waals surface area contributed by atoms with Gasteiger partial charge >= 0.3 is 0 Å². The number of hydrogen-bond donors (Lipinski definition) is 3. The van der Waals surface area contributed by atoms with Gasteiger partial charge in [0.05, 0.1) is 28.8 Å². The quantitative estimate of drug-likeness (QED) is 0.0972. The van der Waals surface area contributed by atoms with E-state index in [1.807, 2.05) is 56.3 Å². The van der Waals surface area contributed by atoms with E-state index in [2.05, 4.69) is 5.16 Å². The van der Waals surface area contributed by atoms with E-state index in [0.717, 1.165) is 22.3 Å². The third-order valence-electron chi connectivity index (χ3n) is 7.21. The molecule has 0 aliphatic heterocycles. The van der Waals surface area contributed by atoms with Gasteiger partial charge in [0.2, 0.25) is 5.91 Å². The van der Waals surface area contributed by atoms with Gasteiger partial charge in [-0.05, 0) is 55.3 Å². The van der Waals surface area contributed by atoms with E-state index in [1.165, 1.54) is 0 Å². The van der Waals surface area contributed by atoms with Crippen molar-refractivity contribution in [2.75, 3.05) is 26.3 Å². The van der Waals surface area contributed by atoms with Gasteiger partial charge in [-0.2, -0.15) is 0 Å². The summed E-state index contributed by atoms with van der Waals surface area (Å²) in [6.07, 6.45) is 5.13. The molecule has 0 unspecified atom stereocenters. The van der Waals surface area contributed by atoms with Crippen LogP contribution in [0.2, 0.25) is 10.0 Å². The first-order valence-electron chi connectivity index (χ1n) is 14.5. The molecular formula is C34H36Cl2N4O5. The van der Waals surface area contributed by atoms with Crippen molar-refractivity contribution in [3.8, 4) is 28.4 Å². The lowest BCUT2D eigenvalue weighted by molar-refractivity contribution is -0.131. The van der Waals surface area contributed by atoms with Gasteiger partial charge in [0.25, 0.3) is 0 Å². The zero-order valence-corrected chi connectivity index (χ0v) is 26.7. The molecule has 1 aliphatic carbocycles. The average Bonchev–Trinajstić information content (AvgIpc) is 3.04. The highest BCUT2D eigenvalue weighted by atomic mass is 35.5. The maximum atomic E-state index is 12.3. The van der Waals surface area contributed by atoms with Crippen LogP contribution in [0.3, 0.4) is 0 Å². The van der Waals surface area contributed by atoms with Crippen molar-refractivity contribution < 1.29 is 24.2 Å². The Morgan fingerprint density at radius 3 is 2.42 bits per heavy atom. The minimum atomic E-state index is 0.0660. The summed E-state index contributed by atoms with van der Waals surface area (Å²) in [6.45, 7) is 6.06. The molecule has 0 heterocycles. The van der Waals surface area contributed by atoms with Gasteiger partial charge < -0.3 is 30.1 Å². The second kappa shape index (κ2) is 16.1. The molecule has 4 rings (SSSR count). The fraction of sp³-hybridized carbons (Fsp3) is 0.265. The normalized spacial score (nSPS) is 13.5. The summed E-state index contributed by atoms with van der Waals surface area (Å²) >= 11 is 13.4. The lowest BCUT2D eigenvalue weighted by Crippen LogP contribution is -2.31. The lowest BCUT2D eigenvalue weighted by Gasteiger charge is -2.18. The Bertz CT molecular complexity index is 1630. The van der Waals surface area contributed by atoms with E-state index >= 15 is 0 Å². The summed E-state index contributed by atoms with van der Waals surface area (Å²) in [7, 11) is 0. The van der Waals surface area contributed by atoms with Gasteiger partial charge in [-0.25, -0.2) is 0 Å². The highest BCUT2D eigenvalue weighted by Crippen LogP contribution is 2.36. The summed E-state index contributed by atoms with van der Waals surface area (Å²) in [5.74, 6) is 1.61. The highest BCUT2D eigenvalue weighted by Gasteiger charge is 2.16. The van der Waals surface area contributed by atoms with Gasteiger partial charge in [0.15, 0.2) is 0 Å². The van der Waals surface area contributed by atoms with Crippen molar-refractivity contribution >= 4 is 40.5 Å². The fourth-order valence-corrected chi connectivity index (χ4v) is 5.25. The Morgan fingerprint density at radius 1 is 0.956 bits per heavy atom. The molecule has 0 saturated heterocycles. The number of amides is 1. The molecule has 0 bridgehead atoms. The van der Waals surface area contributed by atoms with Crippen LogP contribution in [0, 0.1) is 5.41 Å². The molecule has 3 aromatic carbocycles. The van der Waals surface area contributed by atoms with Gasteiger partial charge in [-0.3, -0.25) is 10.2 Å². The molecule has 11 heteroatoms. The first-order chi connectivity index (χ1) is 21.8. The number of allylic oxidation sites excluding steroid dienone is 2. The smallest absolute Gasteiger partial charge is 0.225 e. The first kappa shape index (κ1) is 33.6. The molecule has 1 aliphatic rings. The first-order valence-corrected chi connectivity index (χ1v) is 15.3. The number of nitrogens with zero attached hydrogens (tertiary/aromatic N) is 2. The number of carbonyl (C=O) groups excluding carboxylic acids is 1. The molecule has 236 valence electrons. The van der Waals surface area contributed by atoms with Gasteiger partial charge in [0.1, 0.15) is 36.2 Å². The van der Waals surface area contributed by atoms with Crippen molar-refractivity contribution in [3.63, 3.8) is 0 Å². The summed E-state index contributed by atoms with van der Waals surface area (Å²) in [5, 5.41) is 20.9. The molecule has 0 aromatic heterocycles. The highest BCUT2D eigenvalue weighted by molar-refractivity contribution is 6.50. The van der Waals surface area contributed by atoms with E-state index in [-0.39, 0.29) is 43.7 Å². The second-order valence-corrected chi connectivity index (χ2v) is 10.9. The minimum absolute atomic E-state index is 0.0660. The van der Waals surface area contributed by atoms with Crippen molar-refractivity contribution in [2.24, 2.45) is 10.9 Å². The Morgan fingerprint density at radius 2 is 1.71 bits per heavy atom. The number of hydrogen-bond acceptors (Lipinski definition) is 8. The Balaban J connectivity index is 1.44. The number of oxime groups is 1. The number of carbonyl (C=O) groups is 1. The van der Waals surface area contributed by atoms with Crippen LogP contribution in [-0.4, -0.2) is 53.7 Å². The Kier molecular flexibility index (Phi) is 12.0. The van der Waals surface area contributed by atoms with Crippen LogP contribution >= 0.6 is 23.2 Å². The zero-order chi connectivity index (χ0) is 32.3. The third-order valence-corrected chi connectivity index (χ3v) is 7.95. The number of halogens is 2. The molecule has 4 N–H and O–H groups in total. The van der Waals surface area contributed by atoms with E-state index in [9.17, 15) is 4.79 Å². The standard InChI is InChI=1S/C34H36Cl2N4O5/c1-3-40(4-2)33(41)13-14-43-26-9-5-7-23(16-26)27-10-6-8-24(34(27)36)21-45-32-18-31(25(19-37)17-28(32)35)44-20-22-11-12-30(39-42)29(38)15-22/h5-12,15-18,38,42H,3-4,13-14,19-21,37H2,1-2H3/b38-29?,39-30-. The zero-order valence-electron chi connectivity index (χ0n) is 25.2. The number of ether oxygens (including phenoxy) is 3. The van der Waals surface area contributed by atoms with Gasteiger partial charge in [-0.15, -0.1) is 0 Å². The summed E-state index contributed by atoms with van der Waals surface area (Å²) < 4.78 is 18.0. The fourth-order valence-electron chi connectivity index (χ4n) is 4.72. The molecule has 0 saturated carbocycles. The van der Waals surface area contributed by atoms with E-state index < -0.39 is 0 Å². The maximum absolute atomic E-state index is 12.3. The molecule has 1 amide bonds. The molecule has 0 spiro atoms. The summed E-state index contributed by atoms with van der Waals surface area (Å²) in [4.78, 5) is 14.1.